The topological polar surface area (TPSA) is 120 Å². The highest BCUT2D eigenvalue weighted by Crippen LogP contribution is 1.88. The maximum atomic E-state index is 10.1. The first kappa shape index (κ1) is 23.8. The Hall–Kier alpha value is -2.51. The number of carbonyl (C=O) groups is 4. The number of aliphatic carboxylic acids is 2. The van der Waals surface area contributed by atoms with Crippen molar-refractivity contribution in [3.8, 4) is 0 Å². The minimum atomic E-state index is -1.17. The summed E-state index contributed by atoms with van der Waals surface area (Å²) in [7, 11) is 2.02. The number of carboxylic acid groups (broad SMARTS) is 2. The molecule has 0 aliphatic heterocycles. The number of nitrogens with zero attached hydrogens (tertiary/aromatic N) is 2. The van der Waals surface area contributed by atoms with Gasteiger partial charge in [0.05, 0.1) is 20.0 Å². The maximum absolute atomic E-state index is 10.1. The zero-order valence-electron chi connectivity index (χ0n) is 14.7. The smallest absolute Gasteiger partial charge is 0.303 e. The van der Waals surface area contributed by atoms with Crippen LogP contribution in [0.3, 0.4) is 0 Å². The van der Waals surface area contributed by atoms with E-state index in [2.05, 4.69) is 24.0 Å². The molecule has 1 heterocycles. The molecule has 0 spiro atoms. The van der Waals surface area contributed by atoms with E-state index in [0.717, 1.165) is 6.54 Å². The summed E-state index contributed by atoms with van der Waals surface area (Å²) in [6.45, 7) is 5.91. The van der Waals surface area contributed by atoms with Crippen LogP contribution in [-0.4, -0.2) is 33.2 Å². The Morgan fingerprint density at radius 1 is 1.04 bits per heavy atom. The number of carbonyl (C=O) groups excluding carboxylic acids is 3. The highest BCUT2D eigenvalue weighted by atomic mass is 16.4. The van der Waals surface area contributed by atoms with Crippen molar-refractivity contribution < 1.29 is 34.0 Å². The van der Waals surface area contributed by atoms with E-state index in [1.54, 1.807) is 0 Å². The molecule has 8 heteroatoms. The number of hydrogen-bond donors (Lipinski definition) is 1. The number of hydrogen-bond acceptors (Lipinski definition) is 5. The lowest BCUT2D eigenvalue weighted by Gasteiger charge is -1.95. The van der Waals surface area contributed by atoms with Gasteiger partial charge in [-0.1, -0.05) is 0 Å². The van der Waals surface area contributed by atoms with Crippen LogP contribution in [0.1, 0.15) is 46.5 Å². The number of aryl methyl sites for hydroxylation is 2. The number of Topliss-reactive ketones (excluding diaryl/α,β-unsaturated/α-hetero) is 2. The number of aromatic nitrogens is 2. The van der Waals surface area contributed by atoms with Crippen molar-refractivity contribution >= 4 is 23.5 Å². The molecule has 24 heavy (non-hydrogen) atoms. The van der Waals surface area contributed by atoms with E-state index in [-0.39, 0.29) is 37.2 Å². The lowest BCUT2D eigenvalue weighted by molar-refractivity contribution is -0.693. The maximum Gasteiger partial charge on any atom is 0.303 e. The molecular weight excluding hydrogens is 316 g/mol. The molecule has 0 bridgehead atoms. The average Bonchev–Trinajstić information content (AvgIpc) is 2.90. The third-order valence-corrected chi connectivity index (χ3v) is 2.56. The van der Waals surface area contributed by atoms with Gasteiger partial charge in [0.25, 0.3) is 0 Å². The first-order chi connectivity index (χ1) is 11.1. The second-order valence-corrected chi connectivity index (χ2v) is 5.08. The Labute approximate surface area is 141 Å². The van der Waals surface area contributed by atoms with E-state index in [0.29, 0.717) is 0 Å². The zero-order valence-corrected chi connectivity index (χ0v) is 14.7. The first-order valence-electron chi connectivity index (χ1n) is 7.50. The van der Waals surface area contributed by atoms with Crippen LogP contribution < -0.4 is 9.67 Å². The van der Waals surface area contributed by atoms with Crippen LogP contribution in [0.5, 0.6) is 0 Å². The monoisotopic (exact) mass is 342 g/mol. The standard InChI is InChI=1S/C6H11N2.2C5H8O3/c1-3-8-5-4-7(2)6-8;2*1-4(6)2-3-5(7)8/h4-6H,3H2,1-2H3;2*2-3H2,1H3,(H,7,8)/q+1;;/p-1. The number of imidazole rings is 1. The van der Waals surface area contributed by atoms with Gasteiger partial charge in [0.15, 0.2) is 0 Å². The van der Waals surface area contributed by atoms with Gasteiger partial charge in [-0.25, -0.2) is 9.13 Å². The Balaban J connectivity index is 0. The van der Waals surface area contributed by atoms with Gasteiger partial charge in [0.1, 0.15) is 24.0 Å². The molecule has 1 aromatic heterocycles. The Morgan fingerprint density at radius 2 is 1.54 bits per heavy atom. The first-order valence-corrected chi connectivity index (χ1v) is 7.50. The number of rotatable bonds is 7. The fraction of sp³-hybridized carbons (Fsp3) is 0.562. The van der Waals surface area contributed by atoms with Gasteiger partial charge in [-0.2, -0.15) is 0 Å². The van der Waals surface area contributed by atoms with Crippen molar-refractivity contribution in [2.45, 2.75) is 53.0 Å². The van der Waals surface area contributed by atoms with E-state index >= 15 is 0 Å². The van der Waals surface area contributed by atoms with Crippen LogP contribution in [-0.2, 0) is 32.8 Å². The molecule has 0 aromatic carbocycles. The predicted octanol–water partition coefficient (Wildman–Crippen LogP) is -0.122. The normalized spacial score (nSPS) is 9.00. The summed E-state index contributed by atoms with van der Waals surface area (Å²) >= 11 is 0. The van der Waals surface area contributed by atoms with Gasteiger partial charge in [0.2, 0.25) is 6.33 Å². The lowest BCUT2D eigenvalue weighted by atomic mass is 10.2. The molecule has 0 radical (unpaired) electrons. The summed E-state index contributed by atoms with van der Waals surface area (Å²) < 4.78 is 4.16. The van der Waals surface area contributed by atoms with Gasteiger partial charge in [-0.05, 0) is 27.2 Å². The predicted molar refractivity (Wildman–Crippen MR) is 83.8 cm³/mol. The minimum Gasteiger partial charge on any atom is -0.550 e. The largest absolute Gasteiger partial charge is 0.550 e. The molecule has 0 aliphatic rings. The minimum absolute atomic E-state index is 0.0463. The molecule has 1 aromatic rings. The zero-order chi connectivity index (χ0) is 19.1. The molecule has 0 amide bonds. The molecule has 0 fully saturated rings. The second kappa shape index (κ2) is 14.1. The summed E-state index contributed by atoms with van der Waals surface area (Å²) in [6.07, 6.45) is 6.17. The molecule has 0 saturated heterocycles. The van der Waals surface area contributed by atoms with Crippen LogP contribution in [0, 0.1) is 0 Å². The molecule has 0 atom stereocenters. The fourth-order valence-corrected chi connectivity index (χ4v) is 1.25. The molecule has 0 saturated carbocycles. The second-order valence-electron chi connectivity index (χ2n) is 5.08. The SMILES string of the molecule is CC(=O)CCC(=O)O.CC(=O)CCC(=O)[O-].CC[n+]1ccn(C)c1. The summed E-state index contributed by atoms with van der Waals surface area (Å²) in [5.74, 6) is -2.28. The fourth-order valence-electron chi connectivity index (χ4n) is 1.25. The van der Waals surface area contributed by atoms with Crippen molar-refractivity contribution in [1.29, 1.82) is 0 Å². The lowest BCUT2D eigenvalue weighted by Crippen LogP contribution is -2.28. The number of carboxylic acids is 2. The van der Waals surface area contributed by atoms with E-state index in [9.17, 15) is 24.3 Å². The number of ketones is 2. The van der Waals surface area contributed by atoms with Crippen molar-refractivity contribution in [1.82, 2.24) is 4.57 Å². The van der Waals surface area contributed by atoms with Gasteiger partial charge < -0.3 is 24.6 Å². The van der Waals surface area contributed by atoms with Crippen LogP contribution >= 0.6 is 0 Å². The van der Waals surface area contributed by atoms with Crippen LogP contribution in [0.2, 0.25) is 0 Å². The Bertz CT molecular complexity index is 480. The third-order valence-electron chi connectivity index (χ3n) is 2.56. The van der Waals surface area contributed by atoms with Gasteiger partial charge in [-0.3, -0.25) is 4.79 Å². The molecule has 1 rings (SSSR count). The highest BCUT2D eigenvalue weighted by molar-refractivity contribution is 5.80. The summed E-state index contributed by atoms with van der Waals surface area (Å²) in [5, 5.41) is 17.7. The van der Waals surface area contributed by atoms with E-state index < -0.39 is 11.9 Å². The van der Waals surface area contributed by atoms with Crippen LogP contribution in [0.15, 0.2) is 18.7 Å². The van der Waals surface area contributed by atoms with Crippen molar-refractivity contribution in [3.05, 3.63) is 18.7 Å². The van der Waals surface area contributed by atoms with Crippen LogP contribution in [0.4, 0.5) is 0 Å². The summed E-state index contributed by atoms with van der Waals surface area (Å²) in [6, 6.07) is 0. The molecule has 0 unspecified atom stereocenters. The van der Waals surface area contributed by atoms with E-state index in [1.807, 2.05) is 17.8 Å². The van der Waals surface area contributed by atoms with Gasteiger partial charge >= 0.3 is 5.97 Å². The van der Waals surface area contributed by atoms with E-state index in [1.165, 1.54) is 13.8 Å². The molecule has 8 nitrogen and oxygen atoms in total. The quantitative estimate of drug-likeness (QED) is 0.690. The van der Waals surface area contributed by atoms with Crippen molar-refractivity contribution in [3.63, 3.8) is 0 Å². The van der Waals surface area contributed by atoms with Gasteiger partial charge in [0, 0.05) is 18.8 Å². The molecular formula is C16H26N2O6. The van der Waals surface area contributed by atoms with Crippen molar-refractivity contribution in [2.24, 2.45) is 7.05 Å². The molecule has 0 aliphatic carbocycles. The van der Waals surface area contributed by atoms with Gasteiger partial charge in [-0.15, -0.1) is 0 Å². The summed E-state index contributed by atoms with van der Waals surface area (Å²) in [5.41, 5.74) is 0. The molecule has 136 valence electrons. The van der Waals surface area contributed by atoms with Crippen LogP contribution in [0.25, 0.3) is 0 Å². The average molecular weight is 342 g/mol. The third kappa shape index (κ3) is 19.5. The summed E-state index contributed by atoms with van der Waals surface area (Å²) in [4.78, 5) is 39.5. The van der Waals surface area contributed by atoms with Crippen molar-refractivity contribution in [2.75, 3.05) is 0 Å². The Kier molecular flexibility index (Phi) is 14.0. The highest BCUT2D eigenvalue weighted by Gasteiger charge is 1.97. The molecule has 1 N–H and O–H groups in total. The Morgan fingerprint density at radius 3 is 1.71 bits per heavy atom. The van der Waals surface area contributed by atoms with E-state index in [4.69, 9.17) is 5.11 Å².